The molecule has 0 amide bonds. The van der Waals surface area contributed by atoms with E-state index in [0.717, 1.165) is 36.3 Å². The first-order valence-electron chi connectivity index (χ1n) is 10.2. The summed E-state index contributed by atoms with van der Waals surface area (Å²) >= 11 is 0. The molecule has 2 saturated heterocycles. The van der Waals surface area contributed by atoms with Gasteiger partial charge >= 0.3 is 6.18 Å². The zero-order chi connectivity index (χ0) is 22.5. The third-order valence-corrected chi connectivity index (χ3v) is 6.24. The Labute approximate surface area is 179 Å². The Morgan fingerprint density at radius 3 is 2.28 bits per heavy atom. The molecular formula is C20H20F5N7. The van der Waals surface area contributed by atoms with Gasteiger partial charge in [0.2, 0.25) is 0 Å². The van der Waals surface area contributed by atoms with Gasteiger partial charge in [0.25, 0.3) is 6.43 Å². The van der Waals surface area contributed by atoms with Gasteiger partial charge in [0.15, 0.2) is 5.65 Å². The van der Waals surface area contributed by atoms with Crippen molar-refractivity contribution in [1.82, 2.24) is 24.7 Å². The van der Waals surface area contributed by atoms with E-state index in [1.54, 1.807) is 6.20 Å². The lowest BCUT2D eigenvalue weighted by Crippen LogP contribution is -2.31. The quantitative estimate of drug-likeness (QED) is 0.563. The van der Waals surface area contributed by atoms with Crippen LogP contribution in [-0.4, -0.2) is 57.3 Å². The van der Waals surface area contributed by atoms with Crippen LogP contribution in [0.5, 0.6) is 0 Å². The minimum Gasteiger partial charge on any atom is -0.356 e. The lowest BCUT2D eigenvalue weighted by molar-refractivity contribution is -0.137. The molecule has 2 fully saturated rings. The van der Waals surface area contributed by atoms with E-state index in [1.165, 1.54) is 12.3 Å². The number of fused-ring (bicyclic) bond motifs is 1. The fourth-order valence-corrected chi connectivity index (χ4v) is 4.59. The van der Waals surface area contributed by atoms with Gasteiger partial charge < -0.3 is 9.80 Å². The fraction of sp³-hybridized carbons (Fsp3) is 0.500. The number of nitrogens with zero attached hydrogens (tertiary/aromatic N) is 7. The summed E-state index contributed by atoms with van der Waals surface area (Å²) in [6, 6.07) is 2.47. The second-order valence-electron chi connectivity index (χ2n) is 8.40. The van der Waals surface area contributed by atoms with Crippen molar-refractivity contribution in [2.75, 3.05) is 36.0 Å². The third-order valence-electron chi connectivity index (χ3n) is 6.24. The molecule has 1 atom stereocenters. The maximum Gasteiger partial charge on any atom is 0.417 e. The Balaban J connectivity index is 1.30. The minimum absolute atomic E-state index is 0.0375. The first kappa shape index (κ1) is 20.8. The number of alkyl halides is 5. The maximum absolute atomic E-state index is 12.8. The average Bonchev–Trinajstić information content (AvgIpc) is 3.47. The Morgan fingerprint density at radius 2 is 1.66 bits per heavy atom. The number of aromatic nitrogens is 5. The highest BCUT2D eigenvalue weighted by Gasteiger charge is 2.44. The average molecular weight is 453 g/mol. The Morgan fingerprint density at radius 1 is 0.938 bits per heavy atom. The highest BCUT2D eigenvalue weighted by Crippen LogP contribution is 2.42. The third kappa shape index (κ3) is 3.82. The molecule has 3 aromatic rings. The van der Waals surface area contributed by atoms with E-state index in [1.807, 2.05) is 4.90 Å². The van der Waals surface area contributed by atoms with Crippen molar-refractivity contribution in [3.63, 3.8) is 0 Å². The summed E-state index contributed by atoms with van der Waals surface area (Å²) < 4.78 is 65.1. The molecule has 3 aromatic heterocycles. The van der Waals surface area contributed by atoms with Gasteiger partial charge in [-0.2, -0.15) is 18.3 Å². The number of hydrogen-bond donors (Lipinski definition) is 0. The Hall–Kier alpha value is -3.05. The van der Waals surface area contributed by atoms with Gasteiger partial charge in [-0.05, 0) is 25.0 Å². The smallest absolute Gasteiger partial charge is 0.356 e. The molecule has 2 aliphatic heterocycles. The highest BCUT2D eigenvalue weighted by atomic mass is 19.4. The van der Waals surface area contributed by atoms with E-state index in [0.29, 0.717) is 42.4 Å². The van der Waals surface area contributed by atoms with Crippen LogP contribution in [0.15, 0.2) is 30.7 Å². The molecule has 0 aromatic carbocycles. The standard InChI is InChI=1S/C20H20F5N7/c21-15(22)10-32-18-14(8-28-32)26-9-17(29-18)31-6-4-19(12-31)3-5-30(11-19)16-2-1-13(7-27-16)20(23,24)25/h1-2,7-9,15H,3-6,10-12H2. The van der Waals surface area contributed by atoms with Crippen LogP contribution in [0.25, 0.3) is 11.2 Å². The van der Waals surface area contributed by atoms with Crippen LogP contribution in [-0.2, 0) is 12.7 Å². The van der Waals surface area contributed by atoms with Crippen LogP contribution < -0.4 is 9.80 Å². The van der Waals surface area contributed by atoms with Crippen LogP contribution in [0.3, 0.4) is 0 Å². The van der Waals surface area contributed by atoms with Gasteiger partial charge in [0.05, 0.1) is 18.0 Å². The number of anilines is 2. The molecule has 0 radical (unpaired) electrons. The first-order valence-corrected chi connectivity index (χ1v) is 10.2. The lowest BCUT2D eigenvalue weighted by Gasteiger charge is -2.25. The van der Waals surface area contributed by atoms with Gasteiger partial charge in [-0.1, -0.05) is 0 Å². The molecule has 7 nitrogen and oxygen atoms in total. The molecular weight excluding hydrogens is 433 g/mol. The van der Waals surface area contributed by atoms with Crippen LogP contribution in [0.4, 0.5) is 33.6 Å². The van der Waals surface area contributed by atoms with Crippen molar-refractivity contribution in [1.29, 1.82) is 0 Å². The predicted octanol–water partition coefficient (Wildman–Crippen LogP) is 3.61. The molecule has 0 N–H and O–H groups in total. The van der Waals surface area contributed by atoms with Crippen molar-refractivity contribution in [2.45, 2.75) is 32.0 Å². The van der Waals surface area contributed by atoms with E-state index in [-0.39, 0.29) is 5.41 Å². The number of halogens is 5. The zero-order valence-electron chi connectivity index (χ0n) is 16.9. The largest absolute Gasteiger partial charge is 0.417 e. The monoisotopic (exact) mass is 453 g/mol. The summed E-state index contributed by atoms with van der Waals surface area (Å²) in [6.07, 6.45) is -1.26. The molecule has 5 heterocycles. The second-order valence-corrected chi connectivity index (χ2v) is 8.40. The van der Waals surface area contributed by atoms with E-state index in [9.17, 15) is 22.0 Å². The van der Waals surface area contributed by atoms with Crippen molar-refractivity contribution in [2.24, 2.45) is 5.41 Å². The number of hydrogen-bond acceptors (Lipinski definition) is 6. The zero-order valence-corrected chi connectivity index (χ0v) is 16.9. The second kappa shape index (κ2) is 7.52. The molecule has 0 bridgehead atoms. The van der Waals surface area contributed by atoms with Gasteiger partial charge in [-0.3, -0.25) is 0 Å². The lowest BCUT2D eigenvalue weighted by atomic mass is 9.86. The molecule has 32 heavy (non-hydrogen) atoms. The normalized spacial score (nSPS) is 21.6. The van der Waals surface area contributed by atoms with E-state index in [4.69, 9.17) is 0 Å². The van der Waals surface area contributed by atoms with Crippen LogP contribution in [0.2, 0.25) is 0 Å². The van der Waals surface area contributed by atoms with Gasteiger partial charge in [-0.25, -0.2) is 28.4 Å². The molecule has 0 aliphatic carbocycles. The molecule has 2 aliphatic rings. The summed E-state index contributed by atoms with van der Waals surface area (Å²) in [5.41, 5.74) is -0.0127. The topological polar surface area (TPSA) is 63.0 Å². The summed E-state index contributed by atoms with van der Waals surface area (Å²) in [5, 5.41) is 3.95. The summed E-state index contributed by atoms with van der Waals surface area (Å²) in [5.74, 6) is 1.14. The SMILES string of the molecule is FC(F)Cn1ncc2ncc(N3CCC4(CCN(c5ccc(C(F)(F)F)cn5)C4)C3)nc21. The van der Waals surface area contributed by atoms with Crippen LogP contribution in [0, 0.1) is 5.41 Å². The molecule has 0 saturated carbocycles. The Kier molecular flexibility index (Phi) is 4.90. The fourth-order valence-electron chi connectivity index (χ4n) is 4.59. The van der Waals surface area contributed by atoms with Crippen molar-refractivity contribution in [3.8, 4) is 0 Å². The van der Waals surface area contributed by atoms with Crippen molar-refractivity contribution >= 4 is 22.8 Å². The summed E-state index contributed by atoms with van der Waals surface area (Å²) in [4.78, 5) is 17.0. The Bertz CT molecular complexity index is 1110. The van der Waals surface area contributed by atoms with Gasteiger partial charge in [0, 0.05) is 37.8 Å². The van der Waals surface area contributed by atoms with Crippen LogP contribution >= 0.6 is 0 Å². The van der Waals surface area contributed by atoms with E-state index < -0.39 is 24.7 Å². The molecule has 5 rings (SSSR count). The van der Waals surface area contributed by atoms with Crippen LogP contribution in [0.1, 0.15) is 18.4 Å². The number of pyridine rings is 1. The highest BCUT2D eigenvalue weighted by molar-refractivity contribution is 5.71. The van der Waals surface area contributed by atoms with E-state index >= 15 is 0 Å². The van der Waals surface area contributed by atoms with E-state index in [2.05, 4.69) is 25.0 Å². The molecule has 1 spiro atoms. The van der Waals surface area contributed by atoms with Gasteiger partial charge in [-0.15, -0.1) is 0 Å². The molecule has 170 valence electrons. The molecule has 1 unspecified atom stereocenters. The molecule has 12 heteroatoms. The summed E-state index contributed by atoms with van der Waals surface area (Å²) in [6.45, 7) is 2.28. The first-order chi connectivity index (χ1) is 15.2. The predicted molar refractivity (Wildman–Crippen MR) is 107 cm³/mol. The van der Waals surface area contributed by atoms with Crippen molar-refractivity contribution in [3.05, 3.63) is 36.3 Å². The maximum atomic E-state index is 12.8. The number of rotatable bonds is 4. The van der Waals surface area contributed by atoms with Crippen molar-refractivity contribution < 1.29 is 22.0 Å². The summed E-state index contributed by atoms with van der Waals surface area (Å²) in [7, 11) is 0. The van der Waals surface area contributed by atoms with Gasteiger partial charge in [0.1, 0.15) is 23.7 Å². The minimum atomic E-state index is -4.41.